The summed E-state index contributed by atoms with van der Waals surface area (Å²) in [7, 11) is 0. The number of hydrogen-bond acceptors (Lipinski definition) is 2. The van der Waals surface area contributed by atoms with Gasteiger partial charge in [-0.1, -0.05) is 18.7 Å². The van der Waals surface area contributed by atoms with Gasteiger partial charge in [-0.05, 0) is 26.0 Å². The van der Waals surface area contributed by atoms with Gasteiger partial charge in [0, 0.05) is 16.9 Å². The molecule has 0 aromatic heterocycles. The van der Waals surface area contributed by atoms with Crippen molar-refractivity contribution in [1.82, 2.24) is 0 Å². The molecule has 0 heterocycles. The van der Waals surface area contributed by atoms with Gasteiger partial charge in [-0.15, -0.1) is 0 Å². The molecule has 0 saturated carbocycles. The summed E-state index contributed by atoms with van der Waals surface area (Å²) >= 11 is 0. The maximum absolute atomic E-state index is 11.2. The molecule has 0 saturated heterocycles. The average molecular weight is 175 g/mol. The van der Waals surface area contributed by atoms with Crippen LogP contribution < -0.4 is 5.32 Å². The molecular weight excluding hydrogens is 162 g/mol. The first-order valence-electron chi connectivity index (χ1n) is 4.14. The zero-order valence-electron chi connectivity index (χ0n) is 7.92. The fraction of sp³-hybridized carbons (Fsp3) is 0.182. The van der Waals surface area contributed by atoms with Gasteiger partial charge < -0.3 is 5.32 Å². The molecule has 68 valence electrons. The van der Waals surface area contributed by atoms with Crippen LogP contribution in [-0.2, 0) is 0 Å². The lowest BCUT2D eigenvalue weighted by Gasteiger charge is -2.08. The summed E-state index contributed by atoms with van der Waals surface area (Å²) in [6.45, 7) is 7.14. The Morgan fingerprint density at radius 1 is 1.31 bits per heavy atom. The van der Waals surface area contributed by atoms with E-state index in [1.165, 1.54) is 0 Å². The Balaban J connectivity index is 3.04. The standard InChI is InChI=1S/C11H13NO/c1-8(2)12-11-7-5-4-6-10(11)9(3)13/h4-7,12H,1H2,2-3H3. The van der Waals surface area contributed by atoms with E-state index in [2.05, 4.69) is 11.9 Å². The van der Waals surface area contributed by atoms with Gasteiger partial charge in [0.15, 0.2) is 5.78 Å². The third-order valence-corrected chi connectivity index (χ3v) is 1.65. The average Bonchev–Trinajstić information content (AvgIpc) is 2.03. The lowest BCUT2D eigenvalue weighted by Crippen LogP contribution is -2.01. The molecule has 1 rings (SSSR count). The summed E-state index contributed by atoms with van der Waals surface area (Å²) in [5, 5.41) is 3.04. The first-order valence-corrected chi connectivity index (χ1v) is 4.14. The SMILES string of the molecule is C=C(C)Nc1ccccc1C(C)=O. The van der Waals surface area contributed by atoms with E-state index in [1.807, 2.05) is 25.1 Å². The Bertz CT molecular complexity index is 342. The number of benzene rings is 1. The van der Waals surface area contributed by atoms with Crippen LogP contribution in [0.25, 0.3) is 0 Å². The Kier molecular flexibility index (Phi) is 2.85. The minimum Gasteiger partial charge on any atom is -0.359 e. The number of carbonyl (C=O) groups excluding carboxylic acids is 1. The molecule has 0 fully saturated rings. The molecule has 0 amide bonds. The highest BCUT2D eigenvalue weighted by atomic mass is 16.1. The number of ketones is 1. The van der Waals surface area contributed by atoms with Crippen LogP contribution in [0.3, 0.4) is 0 Å². The fourth-order valence-electron chi connectivity index (χ4n) is 1.13. The molecule has 0 spiro atoms. The van der Waals surface area contributed by atoms with Crippen LogP contribution >= 0.6 is 0 Å². The van der Waals surface area contributed by atoms with Crippen molar-refractivity contribution in [2.75, 3.05) is 5.32 Å². The fourth-order valence-corrected chi connectivity index (χ4v) is 1.13. The minimum absolute atomic E-state index is 0.0596. The molecule has 0 aliphatic rings. The minimum atomic E-state index is 0.0596. The maximum atomic E-state index is 11.2. The van der Waals surface area contributed by atoms with Gasteiger partial charge >= 0.3 is 0 Å². The van der Waals surface area contributed by atoms with Crippen molar-refractivity contribution in [3.05, 3.63) is 42.1 Å². The molecule has 1 N–H and O–H groups in total. The van der Waals surface area contributed by atoms with Crippen molar-refractivity contribution in [2.45, 2.75) is 13.8 Å². The highest BCUT2D eigenvalue weighted by molar-refractivity contribution is 5.99. The van der Waals surface area contributed by atoms with Crippen molar-refractivity contribution >= 4 is 11.5 Å². The highest BCUT2D eigenvalue weighted by Crippen LogP contribution is 2.16. The number of rotatable bonds is 3. The molecule has 0 bridgehead atoms. The first-order chi connectivity index (χ1) is 6.11. The Hall–Kier alpha value is -1.57. The van der Waals surface area contributed by atoms with Gasteiger partial charge in [-0.3, -0.25) is 4.79 Å². The van der Waals surface area contributed by atoms with E-state index in [4.69, 9.17) is 0 Å². The maximum Gasteiger partial charge on any atom is 0.161 e. The van der Waals surface area contributed by atoms with Crippen molar-refractivity contribution < 1.29 is 4.79 Å². The lowest BCUT2D eigenvalue weighted by molar-refractivity contribution is 0.101. The number of allylic oxidation sites excluding steroid dienone is 1. The Morgan fingerprint density at radius 3 is 2.46 bits per heavy atom. The van der Waals surface area contributed by atoms with Crippen molar-refractivity contribution in [2.24, 2.45) is 0 Å². The molecule has 13 heavy (non-hydrogen) atoms. The number of para-hydroxylation sites is 1. The van der Waals surface area contributed by atoms with Crippen molar-refractivity contribution in [1.29, 1.82) is 0 Å². The summed E-state index contributed by atoms with van der Waals surface area (Å²) in [6.07, 6.45) is 0. The number of Topliss-reactive ketones (excluding diaryl/α,β-unsaturated/α-hetero) is 1. The molecule has 0 atom stereocenters. The van der Waals surface area contributed by atoms with E-state index in [1.54, 1.807) is 13.0 Å². The van der Waals surface area contributed by atoms with E-state index in [0.29, 0.717) is 5.56 Å². The number of nitrogens with one attached hydrogen (secondary N) is 1. The van der Waals surface area contributed by atoms with E-state index >= 15 is 0 Å². The molecule has 1 aromatic rings. The summed E-state index contributed by atoms with van der Waals surface area (Å²) in [5.41, 5.74) is 2.35. The molecule has 1 aromatic carbocycles. The zero-order valence-corrected chi connectivity index (χ0v) is 7.92. The molecule has 0 aliphatic carbocycles. The second-order valence-electron chi connectivity index (χ2n) is 3.01. The highest BCUT2D eigenvalue weighted by Gasteiger charge is 2.04. The summed E-state index contributed by atoms with van der Waals surface area (Å²) in [6, 6.07) is 7.40. The van der Waals surface area contributed by atoms with Crippen LogP contribution in [0.15, 0.2) is 36.5 Å². The van der Waals surface area contributed by atoms with E-state index in [-0.39, 0.29) is 5.78 Å². The van der Waals surface area contributed by atoms with E-state index < -0.39 is 0 Å². The van der Waals surface area contributed by atoms with Crippen LogP contribution in [0, 0.1) is 0 Å². The van der Waals surface area contributed by atoms with Gasteiger partial charge in [0.25, 0.3) is 0 Å². The number of carbonyl (C=O) groups is 1. The van der Waals surface area contributed by atoms with Crippen LogP contribution in [0.4, 0.5) is 5.69 Å². The first kappa shape index (κ1) is 9.52. The van der Waals surface area contributed by atoms with Crippen LogP contribution in [0.5, 0.6) is 0 Å². The van der Waals surface area contributed by atoms with Gasteiger partial charge in [0.05, 0.1) is 0 Å². The predicted octanol–water partition coefficient (Wildman–Crippen LogP) is 2.83. The third-order valence-electron chi connectivity index (χ3n) is 1.65. The van der Waals surface area contributed by atoms with Gasteiger partial charge in [-0.25, -0.2) is 0 Å². The molecular formula is C11H13NO. The van der Waals surface area contributed by atoms with Crippen molar-refractivity contribution in [3.8, 4) is 0 Å². The molecule has 2 heteroatoms. The van der Waals surface area contributed by atoms with E-state index in [0.717, 1.165) is 11.4 Å². The Labute approximate surface area is 78.3 Å². The quantitative estimate of drug-likeness (QED) is 0.716. The zero-order chi connectivity index (χ0) is 9.84. The summed E-state index contributed by atoms with van der Waals surface area (Å²) < 4.78 is 0. The molecule has 2 nitrogen and oxygen atoms in total. The Morgan fingerprint density at radius 2 is 1.92 bits per heavy atom. The number of hydrogen-bond donors (Lipinski definition) is 1. The number of anilines is 1. The lowest BCUT2D eigenvalue weighted by atomic mass is 10.1. The van der Waals surface area contributed by atoms with Crippen LogP contribution in [-0.4, -0.2) is 5.78 Å². The largest absolute Gasteiger partial charge is 0.359 e. The summed E-state index contributed by atoms with van der Waals surface area (Å²) in [5.74, 6) is 0.0596. The van der Waals surface area contributed by atoms with Crippen molar-refractivity contribution in [3.63, 3.8) is 0 Å². The van der Waals surface area contributed by atoms with Crippen LogP contribution in [0.2, 0.25) is 0 Å². The van der Waals surface area contributed by atoms with Gasteiger partial charge in [0.2, 0.25) is 0 Å². The van der Waals surface area contributed by atoms with Gasteiger partial charge in [-0.2, -0.15) is 0 Å². The van der Waals surface area contributed by atoms with Crippen LogP contribution in [0.1, 0.15) is 24.2 Å². The topological polar surface area (TPSA) is 29.1 Å². The van der Waals surface area contributed by atoms with Gasteiger partial charge in [0.1, 0.15) is 0 Å². The normalized spacial score (nSPS) is 9.38. The molecule has 0 radical (unpaired) electrons. The second-order valence-corrected chi connectivity index (χ2v) is 3.01. The predicted molar refractivity (Wildman–Crippen MR) is 54.9 cm³/mol. The third kappa shape index (κ3) is 2.44. The molecule has 0 unspecified atom stereocenters. The monoisotopic (exact) mass is 175 g/mol. The smallest absolute Gasteiger partial charge is 0.161 e. The van der Waals surface area contributed by atoms with E-state index in [9.17, 15) is 4.79 Å². The summed E-state index contributed by atoms with van der Waals surface area (Å²) in [4.78, 5) is 11.2. The second kappa shape index (κ2) is 3.90. The molecule has 0 aliphatic heterocycles.